The predicted octanol–water partition coefficient (Wildman–Crippen LogP) is 3.12. The van der Waals surface area contributed by atoms with E-state index in [1.165, 1.54) is 17.7 Å². The van der Waals surface area contributed by atoms with Gasteiger partial charge < -0.3 is 5.32 Å². The topological polar surface area (TPSA) is 66.5 Å². The van der Waals surface area contributed by atoms with Crippen LogP contribution < -0.4 is 5.32 Å². The van der Waals surface area contributed by atoms with Gasteiger partial charge in [0, 0.05) is 6.04 Å². The van der Waals surface area contributed by atoms with Crippen LogP contribution in [-0.4, -0.2) is 46.7 Å². The summed E-state index contributed by atoms with van der Waals surface area (Å²) in [5, 5.41) is 3.17. The Hall–Kier alpha value is -1.04. The van der Waals surface area contributed by atoms with E-state index < -0.39 is 6.04 Å². The molecule has 6 heteroatoms. The van der Waals surface area contributed by atoms with Gasteiger partial charge in [0.2, 0.25) is 17.7 Å². The first-order valence-corrected chi connectivity index (χ1v) is 11.7. The van der Waals surface area contributed by atoms with Crippen LogP contribution in [0.2, 0.25) is 0 Å². The number of likely N-dealkylation sites (tertiary alicyclic amines) is 1. The maximum atomic E-state index is 13.0. The summed E-state index contributed by atoms with van der Waals surface area (Å²) in [6.45, 7) is 0. The van der Waals surface area contributed by atoms with E-state index in [1.807, 2.05) is 6.26 Å². The van der Waals surface area contributed by atoms with Crippen LogP contribution in [0.4, 0.5) is 0 Å². The van der Waals surface area contributed by atoms with Crippen molar-refractivity contribution in [1.82, 2.24) is 10.2 Å². The molecule has 146 valence electrons. The highest BCUT2D eigenvalue weighted by molar-refractivity contribution is 7.98. The molecule has 1 saturated heterocycles. The molecule has 26 heavy (non-hydrogen) atoms. The van der Waals surface area contributed by atoms with Crippen LogP contribution in [0.5, 0.6) is 0 Å². The van der Waals surface area contributed by atoms with Gasteiger partial charge in [0.1, 0.15) is 6.04 Å². The summed E-state index contributed by atoms with van der Waals surface area (Å²) in [5.41, 5.74) is 0. The lowest BCUT2D eigenvalue weighted by Crippen LogP contribution is -2.52. The molecule has 1 aliphatic heterocycles. The second kappa shape index (κ2) is 9.25. The minimum Gasteiger partial charge on any atom is -0.352 e. The molecule has 1 N–H and O–H groups in total. The van der Waals surface area contributed by atoms with E-state index in [0.717, 1.165) is 57.1 Å². The summed E-state index contributed by atoms with van der Waals surface area (Å²) in [5.74, 6) is 0.0992. The van der Waals surface area contributed by atoms with Crippen LogP contribution in [0, 0.1) is 11.8 Å². The van der Waals surface area contributed by atoms with Crippen molar-refractivity contribution >= 4 is 29.5 Å². The average molecular weight is 381 g/mol. The number of hydrogen-bond acceptors (Lipinski definition) is 4. The lowest BCUT2D eigenvalue weighted by atomic mass is 9.81. The van der Waals surface area contributed by atoms with Crippen LogP contribution in [0.15, 0.2) is 0 Å². The number of imide groups is 1. The van der Waals surface area contributed by atoms with E-state index in [2.05, 4.69) is 5.32 Å². The number of carbonyl (C=O) groups excluding carboxylic acids is 3. The van der Waals surface area contributed by atoms with Gasteiger partial charge in [-0.2, -0.15) is 11.8 Å². The zero-order valence-electron chi connectivity index (χ0n) is 15.9. The number of hydrogen-bond donors (Lipinski definition) is 1. The largest absolute Gasteiger partial charge is 0.352 e. The van der Waals surface area contributed by atoms with Crippen molar-refractivity contribution in [2.45, 2.75) is 82.7 Å². The van der Waals surface area contributed by atoms with E-state index in [9.17, 15) is 14.4 Å². The van der Waals surface area contributed by atoms with Gasteiger partial charge in [0.15, 0.2) is 0 Å². The molecule has 3 fully saturated rings. The zero-order valence-corrected chi connectivity index (χ0v) is 16.7. The van der Waals surface area contributed by atoms with Crippen molar-refractivity contribution in [3.05, 3.63) is 0 Å². The van der Waals surface area contributed by atoms with E-state index in [1.54, 1.807) is 11.8 Å². The number of amides is 3. The normalized spacial score (nSPS) is 28.6. The second-order valence-corrected chi connectivity index (χ2v) is 9.02. The minimum absolute atomic E-state index is 0.0955. The molecule has 3 rings (SSSR count). The Morgan fingerprint density at radius 2 is 1.54 bits per heavy atom. The summed E-state index contributed by atoms with van der Waals surface area (Å²) in [7, 11) is 0. The molecule has 3 aliphatic rings. The number of nitrogens with one attached hydrogen (secondary N) is 1. The summed E-state index contributed by atoms with van der Waals surface area (Å²) in [6, 6.07) is -0.437. The number of rotatable bonds is 6. The van der Waals surface area contributed by atoms with Gasteiger partial charge in [-0.1, -0.05) is 38.5 Å². The molecule has 0 aromatic rings. The number of thioether (sulfide) groups is 1. The molecule has 0 aromatic carbocycles. The first-order valence-electron chi connectivity index (χ1n) is 10.3. The molecular weight excluding hydrogens is 348 g/mol. The lowest BCUT2D eigenvalue weighted by Gasteiger charge is -2.28. The fourth-order valence-electron chi connectivity index (χ4n) is 4.82. The van der Waals surface area contributed by atoms with Gasteiger partial charge in [0.05, 0.1) is 11.8 Å². The SMILES string of the molecule is CSCCC(C(=O)NC1CCCCCC1)N1C(=O)C2CCCCC2C1=O. The van der Waals surface area contributed by atoms with E-state index >= 15 is 0 Å². The summed E-state index contributed by atoms with van der Waals surface area (Å²) >= 11 is 1.65. The fraction of sp³-hybridized carbons (Fsp3) is 0.850. The van der Waals surface area contributed by atoms with Crippen molar-refractivity contribution in [3.8, 4) is 0 Å². The van der Waals surface area contributed by atoms with Crippen LogP contribution in [0.3, 0.4) is 0 Å². The Kier molecular flexibility index (Phi) is 7.01. The van der Waals surface area contributed by atoms with E-state index in [-0.39, 0.29) is 35.6 Å². The molecule has 3 atom stereocenters. The van der Waals surface area contributed by atoms with Crippen molar-refractivity contribution < 1.29 is 14.4 Å². The van der Waals surface area contributed by atoms with Crippen LogP contribution in [-0.2, 0) is 14.4 Å². The van der Waals surface area contributed by atoms with Crippen molar-refractivity contribution in [1.29, 1.82) is 0 Å². The van der Waals surface area contributed by atoms with Gasteiger partial charge in [-0.25, -0.2) is 0 Å². The molecule has 0 aromatic heterocycles. The Labute approximate surface area is 161 Å². The predicted molar refractivity (Wildman–Crippen MR) is 104 cm³/mol. The molecular formula is C20H32N2O3S. The maximum Gasteiger partial charge on any atom is 0.243 e. The third-order valence-electron chi connectivity index (χ3n) is 6.29. The zero-order chi connectivity index (χ0) is 18.5. The number of fused-ring (bicyclic) bond motifs is 1. The Balaban J connectivity index is 1.73. The monoisotopic (exact) mass is 380 g/mol. The van der Waals surface area contributed by atoms with Gasteiger partial charge in [-0.3, -0.25) is 19.3 Å². The second-order valence-electron chi connectivity index (χ2n) is 8.04. The van der Waals surface area contributed by atoms with Crippen LogP contribution >= 0.6 is 11.8 Å². The van der Waals surface area contributed by atoms with Crippen molar-refractivity contribution in [2.24, 2.45) is 11.8 Å². The maximum absolute atomic E-state index is 13.0. The van der Waals surface area contributed by atoms with Gasteiger partial charge in [-0.05, 0) is 44.1 Å². The standard InChI is InChI=1S/C20H32N2O3S/c1-26-13-12-17(18(23)21-14-8-4-2-3-5-9-14)22-19(24)15-10-6-7-11-16(15)20(22)25/h14-17H,2-13H2,1H3,(H,21,23). The van der Waals surface area contributed by atoms with E-state index in [0.29, 0.717) is 6.42 Å². The summed E-state index contributed by atoms with van der Waals surface area (Å²) < 4.78 is 0. The first-order chi connectivity index (χ1) is 12.6. The molecule has 1 heterocycles. The number of nitrogens with zero attached hydrogens (tertiary/aromatic N) is 1. The molecule has 2 saturated carbocycles. The highest BCUT2D eigenvalue weighted by Crippen LogP contribution is 2.39. The average Bonchev–Trinajstić information content (AvgIpc) is 2.82. The van der Waals surface area contributed by atoms with Crippen LogP contribution in [0.1, 0.15) is 70.6 Å². The van der Waals surface area contributed by atoms with Crippen molar-refractivity contribution in [2.75, 3.05) is 12.0 Å². The fourth-order valence-corrected chi connectivity index (χ4v) is 5.28. The lowest BCUT2D eigenvalue weighted by molar-refractivity contribution is -0.148. The minimum atomic E-state index is -0.628. The summed E-state index contributed by atoms with van der Waals surface area (Å²) in [4.78, 5) is 40.2. The first kappa shape index (κ1) is 19.7. The van der Waals surface area contributed by atoms with Crippen LogP contribution in [0.25, 0.3) is 0 Å². The van der Waals surface area contributed by atoms with Gasteiger partial charge in [0.25, 0.3) is 0 Å². The third-order valence-corrected chi connectivity index (χ3v) is 6.93. The molecule has 0 radical (unpaired) electrons. The Morgan fingerprint density at radius 3 is 2.08 bits per heavy atom. The molecule has 2 aliphatic carbocycles. The highest BCUT2D eigenvalue weighted by atomic mass is 32.2. The Morgan fingerprint density at radius 1 is 1.00 bits per heavy atom. The molecule has 0 bridgehead atoms. The molecule has 0 spiro atoms. The van der Waals surface area contributed by atoms with E-state index in [4.69, 9.17) is 0 Å². The highest BCUT2D eigenvalue weighted by Gasteiger charge is 2.51. The smallest absolute Gasteiger partial charge is 0.243 e. The van der Waals surface area contributed by atoms with Crippen molar-refractivity contribution in [3.63, 3.8) is 0 Å². The summed E-state index contributed by atoms with van der Waals surface area (Å²) in [6.07, 6.45) is 12.9. The molecule has 5 nitrogen and oxygen atoms in total. The Bertz CT molecular complexity index is 507. The van der Waals surface area contributed by atoms with Gasteiger partial charge >= 0.3 is 0 Å². The third kappa shape index (κ3) is 4.26. The molecule has 3 amide bonds. The quantitative estimate of drug-likeness (QED) is 0.568. The number of carbonyl (C=O) groups is 3. The molecule has 3 unspecified atom stereocenters. The van der Waals surface area contributed by atoms with Gasteiger partial charge in [-0.15, -0.1) is 0 Å².